The molecule has 2 nitrogen and oxygen atoms in total. The molecule has 0 bridgehead atoms. The first-order chi connectivity index (χ1) is 16.0. The van der Waals surface area contributed by atoms with E-state index in [0.29, 0.717) is 6.54 Å². The van der Waals surface area contributed by atoms with Crippen molar-refractivity contribution in [2.75, 3.05) is 0 Å². The van der Waals surface area contributed by atoms with Gasteiger partial charge in [-0.3, -0.25) is 0 Å². The zero-order valence-electron chi connectivity index (χ0n) is 20.1. The van der Waals surface area contributed by atoms with E-state index in [1.807, 2.05) is 6.07 Å². The summed E-state index contributed by atoms with van der Waals surface area (Å²) in [4.78, 5) is 0. The van der Waals surface area contributed by atoms with Crippen LogP contribution in [0.25, 0.3) is 0 Å². The lowest BCUT2D eigenvalue weighted by molar-refractivity contribution is 0.953. The maximum Gasteiger partial charge on any atom is 0.0855 e. The highest BCUT2D eigenvalue weighted by Crippen LogP contribution is 2.20. The summed E-state index contributed by atoms with van der Waals surface area (Å²) in [6.45, 7) is 9.23. The van der Waals surface area contributed by atoms with Gasteiger partial charge in [0.15, 0.2) is 0 Å². The van der Waals surface area contributed by atoms with Crippen LogP contribution in [0, 0.1) is 27.7 Å². The molecule has 2 heteroatoms. The van der Waals surface area contributed by atoms with Crippen molar-refractivity contribution in [3.05, 3.63) is 135 Å². The molecule has 0 saturated carbocycles. The molecule has 0 spiro atoms. The molecule has 0 aliphatic rings. The minimum Gasteiger partial charge on any atom is -0.184 e. The van der Waals surface area contributed by atoms with Crippen molar-refractivity contribution in [1.82, 2.24) is 0 Å². The van der Waals surface area contributed by atoms with E-state index in [2.05, 4.69) is 117 Å². The Hall–Kier alpha value is -3.52. The predicted molar refractivity (Wildman–Crippen MR) is 139 cm³/mol. The fourth-order valence-electron chi connectivity index (χ4n) is 4.06. The molecule has 4 rings (SSSR count). The average Bonchev–Trinajstić information content (AvgIpc) is 2.79. The molecule has 0 aliphatic heterocycles. The van der Waals surface area contributed by atoms with Crippen LogP contribution in [0.4, 0.5) is 5.69 Å². The molecule has 0 N–H and O–H groups in total. The Kier molecular flexibility index (Phi) is 7.14. The number of benzene rings is 4. The van der Waals surface area contributed by atoms with Crippen LogP contribution in [0.3, 0.4) is 0 Å². The molecule has 0 radical (unpaired) electrons. The van der Waals surface area contributed by atoms with Gasteiger partial charge in [-0.05, 0) is 103 Å². The Morgan fingerprint density at radius 3 is 1.61 bits per heavy atom. The normalized spacial score (nSPS) is 11.3. The molecule has 0 heterocycles. The van der Waals surface area contributed by atoms with Gasteiger partial charge in [0.25, 0.3) is 0 Å². The third kappa shape index (κ3) is 6.26. The van der Waals surface area contributed by atoms with E-state index in [9.17, 15) is 0 Å². The molecule has 166 valence electrons. The summed E-state index contributed by atoms with van der Waals surface area (Å²) < 4.78 is 0. The van der Waals surface area contributed by atoms with E-state index in [1.165, 1.54) is 50.1 Å². The van der Waals surface area contributed by atoms with Crippen molar-refractivity contribution in [3.63, 3.8) is 0 Å². The third-order valence-electron chi connectivity index (χ3n) is 6.30. The molecular formula is C31H32N2. The van der Waals surface area contributed by atoms with Crippen LogP contribution in [0.1, 0.15) is 50.1 Å². The molecule has 0 aliphatic carbocycles. The lowest BCUT2D eigenvalue weighted by atomic mass is 9.99. The summed E-state index contributed by atoms with van der Waals surface area (Å²) in [6, 6.07) is 30.4. The second-order valence-electron chi connectivity index (χ2n) is 9.08. The van der Waals surface area contributed by atoms with E-state index < -0.39 is 0 Å². The molecule has 0 saturated heterocycles. The van der Waals surface area contributed by atoms with Crippen molar-refractivity contribution < 1.29 is 0 Å². The van der Waals surface area contributed by atoms with E-state index in [4.69, 9.17) is 0 Å². The number of hydrogen-bond acceptors (Lipinski definition) is 2. The largest absolute Gasteiger partial charge is 0.184 e. The van der Waals surface area contributed by atoms with Crippen LogP contribution in [-0.2, 0) is 19.4 Å². The predicted octanol–water partition coefficient (Wildman–Crippen LogP) is 8.39. The third-order valence-corrected chi connectivity index (χ3v) is 6.30. The van der Waals surface area contributed by atoms with E-state index >= 15 is 0 Å². The zero-order valence-corrected chi connectivity index (χ0v) is 20.1. The van der Waals surface area contributed by atoms with Gasteiger partial charge in [0.1, 0.15) is 0 Å². The second kappa shape index (κ2) is 10.4. The maximum atomic E-state index is 4.50. The number of azo groups is 1. The van der Waals surface area contributed by atoms with Crippen molar-refractivity contribution >= 4 is 5.69 Å². The van der Waals surface area contributed by atoms with Gasteiger partial charge in [-0.15, -0.1) is 0 Å². The molecule has 0 unspecified atom stereocenters. The number of rotatable bonds is 7. The average molecular weight is 433 g/mol. The molecule has 33 heavy (non-hydrogen) atoms. The summed E-state index contributed by atoms with van der Waals surface area (Å²) in [7, 11) is 0. The summed E-state index contributed by atoms with van der Waals surface area (Å²) in [5, 5.41) is 8.98. The van der Waals surface area contributed by atoms with Gasteiger partial charge >= 0.3 is 0 Å². The van der Waals surface area contributed by atoms with Crippen molar-refractivity contribution in [2.45, 2.75) is 47.1 Å². The zero-order chi connectivity index (χ0) is 23.2. The van der Waals surface area contributed by atoms with Gasteiger partial charge in [0.05, 0.1) is 12.2 Å². The fraction of sp³-hybridized carbons (Fsp3) is 0.226. The van der Waals surface area contributed by atoms with Crippen LogP contribution in [0.2, 0.25) is 0 Å². The highest BCUT2D eigenvalue weighted by atomic mass is 15.1. The lowest BCUT2D eigenvalue weighted by Crippen LogP contribution is -1.92. The van der Waals surface area contributed by atoms with Gasteiger partial charge in [0.2, 0.25) is 0 Å². The van der Waals surface area contributed by atoms with E-state index in [0.717, 1.165) is 18.5 Å². The van der Waals surface area contributed by atoms with Gasteiger partial charge in [-0.2, -0.15) is 10.2 Å². The Balaban J connectivity index is 1.39. The highest BCUT2D eigenvalue weighted by Gasteiger charge is 2.02. The minimum absolute atomic E-state index is 0.585. The minimum atomic E-state index is 0.585. The molecule has 0 amide bonds. The van der Waals surface area contributed by atoms with Gasteiger partial charge in [-0.25, -0.2) is 0 Å². The quantitative estimate of drug-likeness (QED) is 0.262. The van der Waals surface area contributed by atoms with Crippen molar-refractivity contribution in [2.24, 2.45) is 10.2 Å². The maximum absolute atomic E-state index is 4.50. The molecule has 0 aromatic heterocycles. The Morgan fingerprint density at radius 1 is 0.485 bits per heavy atom. The van der Waals surface area contributed by atoms with Crippen LogP contribution >= 0.6 is 0 Å². The van der Waals surface area contributed by atoms with Crippen LogP contribution in [-0.4, -0.2) is 0 Å². The lowest BCUT2D eigenvalue weighted by Gasteiger charge is -2.07. The first kappa shape index (κ1) is 22.7. The van der Waals surface area contributed by atoms with E-state index in [-0.39, 0.29) is 0 Å². The summed E-state index contributed by atoms with van der Waals surface area (Å²) in [5.41, 5.74) is 12.7. The summed E-state index contributed by atoms with van der Waals surface area (Å²) in [6.07, 6.45) is 1.84. The smallest absolute Gasteiger partial charge is 0.0855 e. The number of aryl methyl sites for hydroxylation is 4. The van der Waals surface area contributed by atoms with Gasteiger partial charge < -0.3 is 0 Å². The molecule has 0 atom stereocenters. The van der Waals surface area contributed by atoms with Gasteiger partial charge in [-0.1, -0.05) is 72.8 Å². The second-order valence-corrected chi connectivity index (χ2v) is 9.08. The number of hydrogen-bond donors (Lipinski definition) is 0. The van der Waals surface area contributed by atoms with Crippen molar-refractivity contribution in [3.8, 4) is 0 Å². The topological polar surface area (TPSA) is 24.7 Å². The van der Waals surface area contributed by atoms with Crippen molar-refractivity contribution in [1.29, 1.82) is 0 Å². The SMILES string of the molecule is Cc1ccc(Cc2cccc(CN=Nc3cccc(Cc4ccc(C)c(C)c4)c3)c2)cc1C. The summed E-state index contributed by atoms with van der Waals surface area (Å²) >= 11 is 0. The van der Waals surface area contributed by atoms with Gasteiger partial charge in [0, 0.05) is 0 Å². The Labute approximate surface area is 198 Å². The number of nitrogens with zero attached hydrogens (tertiary/aromatic N) is 2. The molecule has 4 aromatic carbocycles. The molecule has 4 aromatic rings. The molecule has 0 fully saturated rings. The van der Waals surface area contributed by atoms with Crippen LogP contribution < -0.4 is 0 Å². The van der Waals surface area contributed by atoms with Crippen LogP contribution in [0.5, 0.6) is 0 Å². The Bertz CT molecular complexity index is 1280. The highest BCUT2D eigenvalue weighted by molar-refractivity contribution is 5.42. The fourth-order valence-corrected chi connectivity index (χ4v) is 4.06. The Morgan fingerprint density at radius 2 is 1.00 bits per heavy atom. The first-order valence-corrected chi connectivity index (χ1v) is 11.6. The first-order valence-electron chi connectivity index (χ1n) is 11.6. The monoisotopic (exact) mass is 432 g/mol. The molecular weight excluding hydrogens is 400 g/mol. The summed E-state index contributed by atoms with van der Waals surface area (Å²) in [5.74, 6) is 0. The standard InChI is InChI=1S/C31H32N2/c1-22-11-13-28(15-24(22)3)17-26-7-5-9-30(19-26)21-32-33-31-10-6-8-27(20-31)18-29-14-12-23(2)25(4)16-29/h5-16,19-20H,17-18,21H2,1-4H3. The van der Waals surface area contributed by atoms with Crippen LogP contribution in [0.15, 0.2) is 95.2 Å². The van der Waals surface area contributed by atoms with E-state index in [1.54, 1.807) is 0 Å².